The van der Waals surface area contributed by atoms with E-state index >= 15 is 0 Å². The average molecular weight is 252 g/mol. The molecule has 0 unspecified atom stereocenters. The smallest absolute Gasteiger partial charge is 0.308 e. The SMILES string of the molecule is COC(=O)C[C@H](C=O)OCc1ccc(OC)cc1. The third-order valence-corrected chi connectivity index (χ3v) is 2.37. The normalized spacial score (nSPS) is 11.7. The zero-order valence-corrected chi connectivity index (χ0v) is 10.4. The second-order valence-electron chi connectivity index (χ2n) is 3.61. The molecule has 5 nitrogen and oxygen atoms in total. The van der Waals surface area contributed by atoms with Crippen molar-refractivity contribution in [3.63, 3.8) is 0 Å². The van der Waals surface area contributed by atoms with Crippen LogP contribution in [0.5, 0.6) is 5.75 Å². The minimum absolute atomic E-state index is 0.0733. The molecule has 18 heavy (non-hydrogen) atoms. The van der Waals surface area contributed by atoms with Gasteiger partial charge in [0.25, 0.3) is 0 Å². The Balaban J connectivity index is 2.46. The van der Waals surface area contributed by atoms with Crippen LogP contribution < -0.4 is 4.74 Å². The topological polar surface area (TPSA) is 61.8 Å². The third kappa shape index (κ3) is 4.55. The second kappa shape index (κ2) is 7.45. The van der Waals surface area contributed by atoms with E-state index in [1.807, 2.05) is 12.1 Å². The van der Waals surface area contributed by atoms with Gasteiger partial charge in [-0.2, -0.15) is 0 Å². The number of rotatable bonds is 7. The Bertz CT molecular complexity index is 385. The Morgan fingerprint density at radius 2 is 1.94 bits per heavy atom. The summed E-state index contributed by atoms with van der Waals surface area (Å²) in [7, 11) is 2.86. The first kappa shape index (κ1) is 14.2. The molecule has 5 heteroatoms. The molecule has 0 saturated heterocycles. The monoisotopic (exact) mass is 252 g/mol. The molecule has 0 bridgehead atoms. The van der Waals surface area contributed by atoms with Gasteiger partial charge in [0.2, 0.25) is 0 Å². The lowest BCUT2D eigenvalue weighted by atomic mass is 10.2. The summed E-state index contributed by atoms with van der Waals surface area (Å²) in [6, 6.07) is 7.27. The van der Waals surface area contributed by atoms with Gasteiger partial charge in [-0.1, -0.05) is 12.1 Å². The van der Waals surface area contributed by atoms with Crippen LogP contribution in [0.2, 0.25) is 0 Å². The number of hydrogen-bond donors (Lipinski definition) is 0. The van der Waals surface area contributed by atoms with Gasteiger partial charge in [-0.3, -0.25) is 4.79 Å². The van der Waals surface area contributed by atoms with Crippen molar-refractivity contribution in [1.82, 2.24) is 0 Å². The van der Waals surface area contributed by atoms with E-state index in [0.29, 0.717) is 6.29 Å². The average Bonchev–Trinajstić information content (AvgIpc) is 2.43. The van der Waals surface area contributed by atoms with Crippen molar-refractivity contribution in [1.29, 1.82) is 0 Å². The molecule has 1 aromatic carbocycles. The summed E-state index contributed by atoms with van der Waals surface area (Å²) >= 11 is 0. The molecule has 0 aliphatic rings. The van der Waals surface area contributed by atoms with E-state index in [2.05, 4.69) is 4.74 Å². The van der Waals surface area contributed by atoms with Gasteiger partial charge < -0.3 is 19.0 Å². The van der Waals surface area contributed by atoms with Gasteiger partial charge >= 0.3 is 5.97 Å². The highest BCUT2D eigenvalue weighted by Crippen LogP contribution is 2.12. The molecule has 98 valence electrons. The van der Waals surface area contributed by atoms with Crippen molar-refractivity contribution < 1.29 is 23.8 Å². The zero-order chi connectivity index (χ0) is 13.4. The third-order valence-electron chi connectivity index (χ3n) is 2.37. The largest absolute Gasteiger partial charge is 0.497 e. The van der Waals surface area contributed by atoms with Crippen LogP contribution in [0.15, 0.2) is 24.3 Å². The summed E-state index contributed by atoms with van der Waals surface area (Å²) in [6.07, 6.45) is -0.254. The van der Waals surface area contributed by atoms with Crippen LogP contribution in [0.4, 0.5) is 0 Å². The summed E-state index contributed by atoms with van der Waals surface area (Å²) in [5, 5.41) is 0. The molecule has 0 aromatic heterocycles. The first-order valence-corrected chi connectivity index (χ1v) is 5.46. The molecule has 0 spiro atoms. The lowest BCUT2D eigenvalue weighted by Gasteiger charge is -2.11. The number of ether oxygens (including phenoxy) is 3. The number of aldehydes is 1. The van der Waals surface area contributed by atoms with Crippen LogP contribution in [0.25, 0.3) is 0 Å². The maximum atomic E-state index is 11.0. The van der Waals surface area contributed by atoms with E-state index in [-0.39, 0.29) is 13.0 Å². The summed E-state index contributed by atoms with van der Waals surface area (Å²) in [6.45, 7) is 0.254. The maximum Gasteiger partial charge on any atom is 0.308 e. The summed E-state index contributed by atoms with van der Waals surface area (Å²) < 4.78 is 14.8. The van der Waals surface area contributed by atoms with Crippen LogP contribution in [0.3, 0.4) is 0 Å². The van der Waals surface area contributed by atoms with E-state index < -0.39 is 12.1 Å². The van der Waals surface area contributed by atoms with Crippen molar-refractivity contribution >= 4 is 12.3 Å². The standard InChI is InChI=1S/C13H16O5/c1-16-11-5-3-10(4-6-11)9-18-12(8-14)7-13(15)17-2/h3-6,8,12H,7,9H2,1-2H3/t12-/m1/s1. The first-order chi connectivity index (χ1) is 8.69. The number of hydrogen-bond acceptors (Lipinski definition) is 5. The van der Waals surface area contributed by atoms with Crippen molar-refractivity contribution in [3.05, 3.63) is 29.8 Å². The molecule has 1 aromatic rings. The number of carbonyl (C=O) groups excluding carboxylic acids is 2. The van der Waals surface area contributed by atoms with E-state index in [9.17, 15) is 9.59 Å². The van der Waals surface area contributed by atoms with Crippen LogP contribution in [0.1, 0.15) is 12.0 Å². The zero-order valence-electron chi connectivity index (χ0n) is 10.4. The van der Waals surface area contributed by atoms with E-state index in [4.69, 9.17) is 9.47 Å². The Labute approximate surface area is 106 Å². The summed E-state index contributed by atoms with van der Waals surface area (Å²) in [5.74, 6) is 0.280. The van der Waals surface area contributed by atoms with Gasteiger partial charge in [-0.15, -0.1) is 0 Å². The predicted molar refractivity (Wildman–Crippen MR) is 64.3 cm³/mol. The highest BCUT2D eigenvalue weighted by atomic mass is 16.5. The molecule has 0 amide bonds. The van der Waals surface area contributed by atoms with Crippen LogP contribution in [-0.4, -0.2) is 32.6 Å². The number of benzene rings is 1. The molecule has 0 fully saturated rings. The minimum atomic E-state index is -0.778. The van der Waals surface area contributed by atoms with E-state index in [1.165, 1.54) is 7.11 Å². The van der Waals surface area contributed by atoms with Crippen molar-refractivity contribution in [2.24, 2.45) is 0 Å². The molecule has 0 saturated carbocycles. The van der Waals surface area contributed by atoms with Crippen molar-refractivity contribution in [3.8, 4) is 5.75 Å². The lowest BCUT2D eigenvalue weighted by Crippen LogP contribution is -2.20. The predicted octanol–water partition coefficient (Wildman–Crippen LogP) is 1.34. The Morgan fingerprint density at radius 3 is 2.44 bits per heavy atom. The van der Waals surface area contributed by atoms with Crippen LogP contribution >= 0.6 is 0 Å². The Hall–Kier alpha value is -1.88. The Morgan fingerprint density at radius 1 is 1.28 bits per heavy atom. The second-order valence-corrected chi connectivity index (χ2v) is 3.61. The molecular formula is C13H16O5. The van der Waals surface area contributed by atoms with Gasteiger partial charge in [0.1, 0.15) is 18.1 Å². The number of carbonyl (C=O) groups is 2. The number of methoxy groups -OCH3 is 2. The molecule has 1 atom stereocenters. The summed E-state index contributed by atoms with van der Waals surface area (Å²) in [5.41, 5.74) is 0.896. The van der Waals surface area contributed by atoms with Crippen molar-refractivity contribution in [2.75, 3.05) is 14.2 Å². The highest BCUT2D eigenvalue weighted by molar-refractivity contribution is 5.74. The van der Waals surface area contributed by atoms with Gasteiger partial charge in [0, 0.05) is 0 Å². The van der Waals surface area contributed by atoms with E-state index in [1.54, 1.807) is 19.2 Å². The van der Waals surface area contributed by atoms with Crippen molar-refractivity contribution in [2.45, 2.75) is 19.1 Å². The molecule has 1 rings (SSSR count). The Kier molecular flexibility index (Phi) is 5.87. The van der Waals surface area contributed by atoms with Gasteiger partial charge in [-0.25, -0.2) is 0 Å². The fourth-order valence-corrected chi connectivity index (χ4v) is 1.32. The van der Waals surface area contributed by atoms with Crippen LogP contribution in [0, 0.1) is 0 Å². The quantitative estimate of drug-likeness (QED) is 0.541. The van der Waals surface area contributed by atoms with Gasteiger partial charge in [0.15, 0.2) is 0 Å². The molecule has 0 aliphatic carbocycles. The highest BCUT2D eigenvalue weighted by Gasteiger charge is 2.13. The first-order valence-electron chi connectivity index (χ1n) is 5.46. The number of esters is 1. The minimum Gasteiger partial charge on any atom is -0.497 e. The fraction of sp³-hybridized carbons (Fsp3) is 0.385. The lowest BCUT2D eigenvalue weighted by molar-refractivity contribution is -0.146. The van der Waals surface area contributed by atoms with Gasteiger partial charge in [-0.05, 0) is 17.7 Å². The fourth-order valence-electron chi connectivity index (χ4n) is 1.32. The van der Waals surface area contributed by atoms with E-state index in [0.717, 1.165) is 11.3 Å². The molecule has 0 radical (unpaired) electrons. The maximum absolute atomic E-state index is 11.0. The summed E-state index contributed by atoms with van der Waals surface area (Å²) in [4.78, 5) is 21.7. The van der Waals surface area contributed by atoms with Gasteiger partial charge in [0.05, 0.1) is 27.2 Å². The molecule has 0 aliphatic heterocycles. The molecular weight excluding hydrogens is 236 g/mol. The molecule has 0 heterocycles. The van der Waals surface area contributed by atoms with Crippen LogP contribution in [-0.2, 0) is 25.7 Å². The molecule has 0 N–H and O–H groups in total.